The molecule has 0 amide bonds. The third-order valence-corrected chi connectivity index (χ3v) is 2.87. The van der Waals surface area contributed by atoms with Gasteiger partial charge >= 0.3 is 0 Å². The number of aryl methyl sites for hydroxylation is 2. The van der Waals surface area contributed by atoms with Crippen LogP contribution in [0.2, 0.25) is 0 Å². The number of hydrogen-bond acceptors (Lipinski definition) is 3. The molecular formula is C15H17NO2. The molecule has 0 unspecified atom stereocenters. The van der Waals surface area contributed by atoms with Crippen molar-refractivity contribution < 1.29 is 9.84 Å². The maximum absolute atomic E-state index is 9.37. The molecule has 0 atom stereocenters. The number of nitrogen functional groups attached to an aromatic ring is 1. The summed E-state index contributed by atoms with van der Waals surface area (Å²) in [5, 5.41) is 9.37. The Morgan fingerprint density at radius 2 is 1.89 bits per heavy atom. The molecule has 3 heteroatoms. The highest BCUT2D eigenvalue weighted by Gasteiger charge is 2.04. The van der Waals surface area contributed by atoms with E-state index >= 15 is 0 Å². The number of anilines is 1. The summed E-state index contributed by atoms with van der Waals surface area (Å²) in [6, 6.07) is 10.9. The van der Waals surface area contributed by atoms with Crippen LogP contribution in [0.3, 0.4) is 0 Å². The summed E-state index contributed by atoms with van der Waals surface area (Å²) in [5.74, 6) is 1.03. The first-order valence-electron chi connectivity index (χ1n) is 5.83. The van der Waals surface area contributed by atoms with Gasteiger partial charge in [0.25, 0.3) is 0 Å². The maximum atomic E-state index is 9.37. The molecule has 0 heterocycles. The van der Waals surface area contributed by atoms with E-state index in [-0.39, 0.29) is 5.75 Å². The fourth-order valence-electron chi connectivity index (χ4n) is 1.81. The molecule has 3 nitrogen and oxygen atoms in total. The van der Waals surface area contributed by atoms with Gasteiger partial charge in [0.15, 0.2) is 0 Å². The fourth-order valence-corrected chi connectivity index (χ4v) is 1.81. The van der Waals surface area contributed by atoms with Crippen molar-refractivity contribution in [2.45, 2.75) is 20.5 Å². The van der Waals surface area contributed by atoms with E-state index in [2.05, 4.69) is 0 Å². The number of phenols is 1. The van der Waals surface area contributed by atoms with Crippen molar-refractivity contribution >= 4 is 5.69 Å². The topological polar surface area (TPSA) is 55.5 Å². The van der Waals surface area contributed by atoms with Gasteiger partial charge in [-0.25, -0.2) is 0 Å². The number of aromatic hydroxyl groups is 1. The first-order chi connectivity index (χ1) is 8.56. The molecule has 2 rings (SSSR count). The summed E-state index contributed by atoms with van der Waals surface area (Å²) in [5.41, 5.74) is 9.63. The van der Waals surface area contributed by atoms with Gasteiger partial charge in [0.05, 0.1) is 0 Å². The van der Waals surface area contributed by atoms with Crippen molar-refractivity contribution in [2.24, 2.45) is 0 Å². The van der Waals surface area contributed by atoms with Crippen LogP contribution in [0, 0.1) is 13.8 Å². The van der Waals surface area contributed by atoms with E-state index in [4.69, 9.17) is 10.5 Å². The molecule has 0 aliphatic heterocycles. The predicted molar refractivity (Wildman–Crippen MR) is 72.8 cm³/mol. The van der Waals surface area contributed by atoms with Gasteiger partial charge in [0.2, 0.25) is 0 Å². The van der Waals surface area contributed by atoms with Crippen LogP contribution in [-0.2, 0) is 6.61 Å². The summed E-state index contributed by atoms with van der Waals surface area (Å²) in [6.07, 6.45) is 0. The number of hydrogen-bond donors (Lipinski definition) is 2. The fraction of sp³-hybridized carbons (Fsp3) is 0.200. The Kier molecular flexibility index (Phi) is 3.42. The lowest BCUT2D eigenvalue weighted by atomic mass is 10.1. The average molecular weight is 243 g/mol. The first kappa shape index (κ1) is 12.3. The van der Waals surface area contributed by atoms with Gasteiger partial charge in [-0.2, -0.15) is 0 Å². The van der Waals surface area contributed by atoms with Gasteiger partial charge in [0, 0.05) is 11.8 Å². The number of nitrogens with two attached hydrogens (primary N) is 1. The lowest BCUT2D eigenvalue weighted by Gasteiger charge is -2.11. The Morgan fingerprint density at radius 3 is 2.61 bits per heavy atom. The second kappa shape index (κ2) is 5.00. The second-order valence-corrected chi connectivity index (χ2v) is 4.43. The first-order valence-corrected chi connectivity index (χ1v) is 5.83. The molecule has 0 aliphatic carbocycles. The molecule has 2 aromatic carbocycles. The zero-order valence-electron chi connectivity index (χ0n) is 10.6. The van der Waals surface area contributed by atoms with Crippen LogP contribution < -0.4 is 10.5 Å². The summed E-state index contributed by atoms with van der Waals surface area (Å²) in [7, 11) is 0. The van der Waals surface area contributed by atoms with E-state index in [0.717, 1.165) is 28.1 Å². The molecular weight excluding hydrogens is 226 g/mol. The van der Waals surface area contributed by atoms with E-state index in [1.54, 1.807) is 18.2 Å². The molecule has 94 valence electrons. The molecule has 0 aromatic heterocycles. The molecule has 18 heavy (non-hydrogen) atoms. The highest BCUT2D eigenvalue weighted by atomic mass is 16.5. The number of phenolic OH excluding ortho intramolecular Hbond substituents is 1. The molecule has 2 aromatic rings. The molecule has 0 saturated heterocycles. The molecule has 0 radical (unpaired) electrons. The highest BCUT2D eigenvalue weighted by Crippen LogP contribution is 2.25. The Hall–Kier alpha value is -2.16. The van der Waals surface area contributed by atoms with Gasteiger partial charge in [-0.3, -0.25) is 0 Å². The molecule has 0 bridgehead atoms. The molecule has 0 spiro atoms. The van der Waals surface area contributed by atoms with E-state index in [0.29, 0.717) is 6.61 Å². The van der Waals surface area contributed by atoms with Gasteiger partial charge < -0.3 is 15.6 Å². The van der Waals surface area contributed by atoms with Crippen molar-refractivity contribution in [2.75, 3.05) is 5.73 Å². The Labute approximate surface area is 107 Å². The number of benzene rings is 2. The summed E-state index contributed by atoms with van der Waals surface area (Å²) in [6.45, 7) is 4.38. The average Bonchev–Trinajstić information content (AvgIpc) is 2.32. The number of ether oxygens (including phenoxy) is 1. The van der Waals surface area contributed by atoms with Crippen LogP contribution in [0.15, 0.2) is 36.4 Å². The van der Waals surface area contributed by atoms with E-state index < -0.39 is 0 Å². The zero-order valence-corrected chi connectivity index (χ0v) is 10.6. The van der Waals surface area contributed by atoms with Crippen LogP contribution >= 0.6 is 0 Å². The minimum Gasteiger partial charge on any atom is -0.508 e. The van der Waals surface area contributed by atoms with E-state index in [9.17, 15) is 5.11 Å². The molecule has 0 fully saturated rings. The lowest BCUT2D eigenvalue weighted by Crippen LogP contribution is -1.99. The van der Waals surface area contributed by atoms with Crippen LogP contribution in [0.5, 0.6) is 11.5 Å². The second-order valence-electron chi connectivity index (χ2n) is 4.43. The van der Waals surface area contributed by atoms with E-state index in [1.165, 1.54) is 0 Å². The minimum absolute atomic E-state index is 0.247. The normalized spacial score (nSPS) is 10.3. The van der Waals surface area contributed by atoms with Gasteiger partial charge in [-0.15, -0.1) is 0 Å². The highest BCUT2D eigenvalue weighted by molar-refractivity contribution is 5.54. The Balaban J connectivity index is 2.13. The molecule has 3 N–H and O–H groups in total. The smallest absolute Gasteiger partial charge is 0.124 e. The van der Waals surface area contributed by atoms with Gasteiger partial charge in [0.1, 0.15) is 18.1 Å². The quantitative estimate of drug-likeness (QED) is 0.814. The van der Waals surface area contributed by atoms with E-state index in [1.807, 2.05) is 32.0 Å². The molecule has 0 aliphatic rings. The minimum atomic E-state index is 0.247. The van der Waals surface area contributed by atoms with Crippen LogP contribution in [0.25, 0.3) is 0 Å². The van der Waals surface area contributed by atoms with Gasteiger partial charge in [-0.1, -0.05) is 18.2 Å². The monoisotopic (exact) mass is 243 g/mol. The standard InChI is InChI=1S/C15H17NO2/c1-10-6-11(2)15(8-14(10)16)18-9-12-4-3-5-13(17)7-12/h3-8,17H,9,16H2,1-2H3. The van der Waals surface area contributed by atoms with Crippen molar-refractivity contribution in [3.05, 3.63) is 53.1 Å². The van der Waals surface area contributed by atoms with Crippen molar-refractivity contribution in [3.63, 3.8) is 0 Å². The third-order valence-electron chi connectivity index (χ3n) is 2.87. The predicted octanol–water partition coefficient (Wildman–Crippen LogP) is 3.17. The summed E-state index contributed by atoms with van der Waals surface area (Å²) >= 11 is 0. The summed E-state index contributed by atoms with van der Waals surface area (Å²) < 4.78 is 5.72. The van der Waals surface area contributed by atoms with Crippen molar-refractivity contribution in [1.29, 1.82) is 0 Å². The third kappa shape index (κ3) is 2.74. The van der Waals surface area contributed by atoms with Crippen LogP contribution in [0.4, 0.5) is 5.69 Å². The van der Waals surface area contributed by atoms with Gasteiger partial charge in [-0.05, 0) is 42.7 Å². The SMILES string of the molecule is Cc1cc(C)c(OCc2cccc(O)c2)cc1N. The lowest BCUT2D eigenvalue weighted by molar-refractivity contribution is 0.303. The zero-order chi connectivity index (χ0) is 13.1. The largest absolute Gasteiger partial charge is 0.508 e. The molecule has 0 saturated carbocycles. The van der Waals surface area contributed by atoms with Crippen molar-refractivity contribution in [3.8, 4) is 11.5 Å². The van der Waals surface area contributed by atoms with Crippen molar-refractivity contribution in [1.82, 2.24) is 0 Å². The number of rotatable bonds is 3. The Morgan fingerprint density at radius 1 is 1.11 bits per heavy atom. The maximum Gasteiger partial charge on any atom is 0.124 e. The van der Waals surface area contributed by atoms with Crippen LogP contribution in [0.1, 0.15) is 16.7 Å². The summed E-state index contributed by atoms with van der Waals surface area (Å²) in [4.78, 5) is 0. The Bertz CT molecular complexity index is 564. The van der Waals surface area contributed by atoms with Crippen LogP contribution in [-0.4, -0.2) is 5.11 Å².